The number of nitrogens with one attached hydrogen (secondary N) is 1. The molecular formula is C9H9N3O5. The number of hydrogen-bond donors (Lipinski definition) is 2. The summed E-state index contributed by atoms with van der Waals surface area (Å²) in [5.41, 5.74) is 6.79. The molecule has 90 valence electrons. The van der Waals surface area contributed by atoms with E-state index < -0.39 is 23.3 Å². The molecule has 0 aliphatic carbocycles. The number of amides is 2. The van der Waals surface area contributed by atoms with Gasteiger partial charge in [-0.15, -0.1) is 0 Å². The third-order valence-electron chi connectivity index (χ3n) is 1.72. The van der Waals surface area contributed by atoms with Gasteiger partial charge >= 0.3 is 0 Å². The number of benzene rings is 1. The lowest BCUT2D eigenvalue weighted by atomic mass is 10.2. The molecule has 0 atom stereocenters. The molecule has 1 aromatic carbocycles. The van der Waals surface area contributed by atoms with Gasteiger partial charge in [-0.1, -0.05) is 0 Å². The van der Waals surface area contributed by atoms with E-state index in [1.54, 1.807) is 0 Å². The van der Waals surface area contributed by atoms with Gasteiger partial charge in [-0.25, -0.2) is 5.48 Å². The van der Waals surface area contributed by atoms with Crippen molar-refractivity contribution in [3.63, 3.8) is 0 Å². The molecule has 0 heterocycles. The molecule has 0 radical (unpaired) electrons. The number of carbonyl (C=O) groups is 2. The van der Waals surface area contributed by atoms with Crippen molar-refractivity contribution >= 4 is 17.5 Å². The smallest absolute Gasteiger partial charge is 0.274 e. The highest BCUT2D eigenvalue weighted by atomic mass is 16.7. The molecule has 0 spiro atoms. The summed E-state index contributed by atoms with van der Waals surface area (Å²) in [6, 6.07) is 4.90. The first-order valence-electron chi connectivity index (χ1n) is 4.45. The Morgan fingerprint density at radius 1 is 1.35 bits per heavy atom. The van der Waals surface area contributed by atoms with Crippen molar-refractivity contribution in [2.45, 2.75) is 0 Å². The number of nitrogens with zero attached hydrogens (tertiary/aromatic N) is 1. The SMILES string of the molecule is NC(=O)CONC(=O)c1ccc([N+](=O)[O-])cc1. The van der Waals surface area contributed by atoms with E-state index in [1.165, 1.54) is 24.3 Å². The summed E-state index contributed by atoms with van der Waals surface area (Å²) in [5.74, 6) is -1.35. The molecule has 3 N–H and O–H groups in total. The Morgan fingerprint density at radius 3 is 2.41 bits per heavy atom. The van der Waals surface area contributed by atoms with Gasteiger partial charge in [0.15, 0.2) is 6.61 Å². The number of primary amides is 1. The van der Waals surface area contributed by atoms with Crippen molar-refractivity contribution in [2.24, 2.45) is 5.73 Å². The summed E-state index contributed by atoms with van der Waals surface area (Å²) >= 11 is 0. The van der Waals surface area contributed by atoms with Crippen molar-refractivity contribution in [3.05, 3.63) is 39.9 Å². The zero-order valence-corrected chi connectivity index (χ0v) is 8.58. The van der Waals surface area contributed by atoms with E-state index in [4.69, 9.17) is 5.73 Å². The Balaban J connectivity index is 2.57. The van der Waals surface area contributed by atoms with Crippen LogP contribution in [0.5, 0.6) is 0 Å². The van der Waals surface area contributed by atoms with Gasteiger partial charge in [0.25, 0.3) is 11.6 Å². The van der Waals surface area contributed by atoms with Crippen LogP contribution in [0.2, 0.25) is 0 Å². The second-order valence-electron chi connectivity index (χ2n) is 2.99. The third-order valence-corrected chi connectivity index (χ3v) is 1.72. The van der Waals surface area contributed by atoms with Gasteiger partial charge in [0.05, 0.1) is 4.92 Å². The van der Waals surface area contributed by atoms with E-state index in [1.807, 2.05) is 5.48 Å². The zero-order valence-electron chi connectivity index (χ0n) is 8.58. The molecule has 8 heteroatoms. The molecule has 0 aliphatic heterocycles. The summed E-state index contributed by atoms with van der Waals surface area (Å²) in [6.07, 6.45) is 0. The topological polar surface area (TPSA) is 125 Å². The molecular weight excluding hydrogens is 230 g/mol. The highest BCUT2D eigenvalue weighted by molar-refractivity contribution is 5.93. The average molecular weight is 239 g/mol. The highest BCUT2D eigenvalue weighted by Crippen LogP contribution is 2.11. The number of nitrogens with two attached hydrogens (primary N) is 1. The van der Waals surface area contributed by atoms with Crippen molar-refractivity contribution in [1.29, 1.82) is 0 Å². The molecule has 0 unspecified atom stereocenters. The van der Waals surface area contributed by atoms with E-state index in [0.717, 1.165) is 0 Å². The summed E-state index contributed by atoms with van der Waals surface area (Å²) in [5, 5.41) is 10.4. The minimum absolute atomic E-state index is 0.125. The number of nitro groups is 1. The van der Waals surface area contributed by atoms with Gasteiger partial charge in [-0.2, -0.15) is 0 Å². The number of hydrogen-bond acceptors (Lipinski definition) is 5. The van der Waals surface area contributed by atoms with Gasteiger partial charge < -0.3 is 5.73 Å². The number of hydroxylamine groups is 1. The van der Waals surface area contributed by atoms with Crippen LogP contribution < -0.4 is 11.2 Å². The van der Waals surface area contributed by atoms with Gasteiger partial charge in [-0.05, 0) is 12.1 Å². The van der Waals surface area contributed by atoms with Crippen molar-refractivity contribution in [1.82, 2.24) is 5.48 Å². The lowest BCUT2D eigenvalue weighted by Crippen LogP contribution is -2.29. The molecule has 0 aliphatic rings. The van der Waals surface area contributed by atoms with E-state index in [2.05, 4.69) is 4.84 Å². The van der Waals surface area contributed by atoms with Crippen LogP contribution in [-0.2, 0) is 9.63 Å². The van der Waals surface area contributed by atoms with Gasteiger partial charge in [0.1, 0.15) is 0 Å². The van der Waals surface area contributed by atoms with Gasteiger partial charge in [0, 0.05) is 17.7 Å². The zero-order chi connectivity index (χ0) is 12.8. The van der Waals surface area contributed by atoms with Crippen molar-refractivity contribution < 1.29 is 19.3 Å². The lowest BCUT2D eigenvalue weighted by molar-refractivity contribution is -0.384. The molecule has 0 bridgehead atoms. The number of rotatable bonds is 5. The van der Waals surface area contributed by atoms with Crippen LogP contribution >= 0.6 is 0 Å². The molecule has 2 amide bonds. The van der Waals surface area contributed by atoms with E-state index in [0.29, 0.717) is 0 Å². The molecule has 1 aromatic rings. The minimum Gasteiger partial charge on any atom is -0.368 e. The molecule has 0 saturated heterocycles. The lowest BCUT2D eigenvalue weighted by Gasteiger charge is -2.03. The predicted molar refractivity (Wildman–Crippen MR) is 55.7 cm³/mol. The monoisotopic (exact) mass is 239 g/mol. The average Bonchev–Trinajstić information content (AvgIpc) is 2.28. The van der Waals surface area contributed by atoms with E-state index in [-0.39, 0.29) is 11.3 Å². The normalized spacial score (nSPS) is 9.65. The van der Waals surface area contributed by atoms with Crippen LogP contribution in [0.25, 0.3) is 0 Å². The van der Waals surface area contributed by atoms with Gasteiger partial charge in [0.2, 0.25) is 5.91 Å². The predicted octanol–water partition coefficient (Wildman–Crippen LogP) is -0.258. The summed E-state index contributed by atoms with van der Waals surface area (Å²) in [6.45, 7) is -0.446. The molecule has 8 nitrogen and oxygen atoms in total. The quantitative estimate of drug-likeness (QED) is 0.541. The Hall–Kier alpha value is -2.48. The molecule has 0 saturated carbocycles. The molecule has 0 aromatic heterocycles. The van der Waals surface area contributed by atoms with Crippen LogP contribution in [0.3, 0.4) is 0 Å². The van der Waals surface area contributed by atoms with Crippen LogP contribution in [-0.4, -0.2) is 23.3 Å². The maximum Gasteiger partial charge on any atom is 0.274 e. The fraction of sp³-hybridized carbons (Fsp3) is 0.111. The second-order valence-corrected chi connectivity index (χ2v) is 2.99. The van der Waals surface area contributed by atoms with Crippen LogP contribution in [0.1, 0.15) is 10.4 Å². The first kappa shape index (κ1) is 12.6. The fourth-order valence-electron chi connectivity index (χ4n) is 0.966. The highest BCUT2D eigenvalue weighted by Gasteiger charge is 2.09. The molecule has 1 rings (SSSR count). The minimum atomic E-state index is -0.728. The number of non-ortho nitro benzene ring substituents is 1. The first-order chi connectivity index (χ1) is 8.00. The van der Waals surface area contributed by atoms with Crippen LogP contribution in [0.15, 0.2) is 24.3 Å². The Bertz CT molecular complexity index is 442. The Kier molecular flexibility index (Phi) is 4.12. The number of nitro benzene ring substituents is 1. The Labute approximate surface area is 95.5 Å². The largest absolute Gasteiger partial charge is 0.368 e. The van der Waals surface area contributed by atoms with Crippen molar-refractivity contribution in [3.8, 4) is 0 Å². The van der Waals surface area contributed by atoms with Crippen LogP contribution in [0, 0.1) is 10.1 Å². The van der Waals surface area contributed by atoms with Crippen LogP contribution in [0.4, 0.5) is 5.69 Å². The molecule has 0 fully saturated rings. The summed E-state index contributed by atoms with van der Waals surface area (Å²) in [7, 11) is 0. The second kappa shape index (κ2) is 5.56. The van der Waals surface area contributed by atoms with Crippen molar-refractivity contribution in [2.75, 3.05) is 6.61 Å². The van der Waals surface area contributed by atoms with E-state index in [9.17, 15) is 19.7 Å². The first-order valence-corrected chi connectivity index (χ1v) is 4.45. The fourth-order valence-corrected chi connectivity index (χ4v) is 0.966. The number of carbonyl (C=O) groups excluding carboxylic acids is 2. The summed E-state index contributed by atoms with van der Waals surface area (Å²) in [4.78, 5) is 35.9. The maximum atomic E-state index is 11.3. The Morgan fingerprint density at radius 2 is 1.94 bits per heavy atom. The molecule has 17 heavy (non-hydrogen) atoms. The maximum absolute atomic E-state index is 11.3. The standard InChI is InChI=1S/C9H9N3O5/c10-8(13)5-17-11-9(14)6-1-3-7(4-2-6)12(15)16/h1-4H,5H2,(H2,10,13)(H,11,14). The van der Waals surface area contributed by atoms with Gasteiger partial charge in [-0.3, -0.25) is 24.5 Å². The summed E-state index contributed by atoms with van der Waals surface area (Å²) < 4.78 is 0. The third kappa shape index (κ3) is 3.87. The van der Waals surface area contributed by atoms with E-state index >= 15 is 0 Å².